The predicted octanol–water partition coefficient (Wildman–Crippen LogP) is 10.7. The summed E-state index contributed by atoms with van der Waals surface area (Å²) in [5, 5.41) is 13.7. The fourth-order valence-electron chi connectivity index (χ4n) is 7.60. The standard InChI is InChI=1S/C24H28O2.C23H24O5/c1-5-8-18-11-13-19(14-12-18)15-16-20-17(2)23(25-3)21-9-6-7-10-22(21)24(20)26-4;1-14-21(19(13-20(24)25)15-9-11-16(26-2)12-10-15)23(28-4)18-8-6-5-7-17(18)22(14)27-3/h6-7,9-14H,5,8,15-16H2,1-4H3;5-12,19H,13H2,1-4H3,(H,24,25)/t;19-/m.0/s1. The second kappa shape index (κ2) is 18.4. The summed E-state index contributed by atoms with van der Waals surface area (Å²) in [6.45, 7) is 6.30. The molecule has 0 saturated carbocycles. The number of hydrogen-bond donors (Lipinski definition) is 1. The first-order valence-electron chi connectivity index (χ1n) is 18.4. The zero-order chi connectivity index (χ0) is 38.8. The second-order valence-corrected chi connectivity index (χ2v) is 13.4. The van der Waals surface area contributed by atoms with Crippen molar-refractivity contribution in [3.8, 4) is 28.7 Å². The molecule has 0 amide bonds. The molecule has 0 aliphatic rings. The van der Waals surface area contributed by atoms with E-state index in [4.69, 9.17) is 23.7 Å². The van der Waals surface area contributed by atoms with Gasteiger partial charge in [-0.1, -0.05) is 98.3 Å². The monoisotopic (exact) mass is 728 g/mol. The zero-order valence-corrected chi connectivity index (χ0v) is 32.7. The van der Waals surface area contributed by atoms with E-state index >= 15 is 0 Å². The third-order valence-corrected chi connectivity index (χ3v) is 10.2. The third-order valence-electron chi connectivity index (χ3n) is 10.2. The topological polar surface area (TPSA) is 83.5 Å². The van der Waals surface area contributed by atoms with Crippen molar-refractivity contribution in [2.24, 2.45) is 0 Å². The molecule has 0 unspecified atom stereocenters. The van der Waals surface area contributed by atoms with Crippen LogP contribution >= 0.6 is 0 Å². The van der Waals surface area contributed by atoms with Gasteiger partial charge in [0.25, 0.3) is 0 Å². The Morgan fingerprint density at radius 3 is 1.48 bits per heavy atom. The summed E-state index contributed by atoms with van der Waals surface area (Å²) < 4.78 is 28.3. The molecule has 6 aromatic carbocycles. The Hall–Kier alpha value is -5.69. The summed E-state index contributed by atoms with van der Waals surface area (Å²) in [5.74, 6) is 2.78. The van der Waals surface area contributed by atoms with Crippen LogP contribution in [0.1, 0.15) is 64.6 Å². The summed E-state index contributed by atoms with van der Waals surface area (Å²) in [6, 6.07) is 32.6. The van der Waals surface area contributed by atoms with Gasteiger partial charge in [-0.3, -0.25) is 4.79 Å². The largest absolute Gasteiger partial charge is 0.497 e. The highest BCUT2D eigenvalue weighted by atomic mass is 16.5. The van der Waals surface area contributed by atoms with Gasteiger partial charge >= 0.3 is 5.97 Å². The van der Waals surface area contributed by atoms with E-state index in [0.717, 1.165) is 80.5 Å². The number of benzene rings is 6. The Morgan fingerprint density at radius 2 is 1.02 bits per heavy atom. The minimum Gasteiger partial charge on any atom is -0.497 e. The molecule has 0 radical (unpaired) electrons. The van der Waals surface area contributed by atoms with E-state index in [0.29, 0.717) is 5.75 Å². The highest BCUT2D eigenvalue weighted by molar-refractivity contribution is 5.97. The number of fused-ring (bicyclic) bond motifs is 2. The molecule has 0 aromatic heterocycles. The summed E-state index contributed by atoms with van der Waals surface area (Å²) >= 11 is 0. The van der Waals surface area contributed by atoms with Crippen LogP contribution in [-0.4, -0.2) is 46.6 Å². The van der Waals surface area contributed by atoms with Crippen molar-refractivity contribution in [2.45, 2.75) is 58.8 Å². The maximum atomic E-state index is 11.7. The summed E-state index contributed by atoms with van der Waals surface area (Å²) in [4.78, 5) is 11.7. The zero-order valence-electron chi connectivity index (χ0n) is 32.7. The number of carbonyl (C=O) groups is 1. The van der Waals surface area contributed by atoms with Crippen LogP contribution in [0.4, 0.5) is 0 Å². The van der Waals surface area contributed by atoms with Gasteiger partial charge in [0.2, 0.25) is 0 Å². The Kier molecular flexibility index (Phi) is 13.4. The quantitative estimate of drug-likeness (QED) is 0.120. The lowest BCUT2D eigenvalue weighted by Gasteiger charge is -2.25. The summed E-state index contributed by atoms with van der Waals surface area (Å²) in [5.41, 5.74) is 7.76. The van der Waals surface area contributed by atoms with Gasteiger partial charge in [0.15, 0.2) is 0 Å². The number of hydrogen-bond acceptors (Lipinski definition) is 6. The van der Waals surface area contributed by atoms with Crippen molar-refractivity contribution in [2.75, 3.05) is 35.5 Å². The second-order valence-electron chi connectivity index (χ2n) is 13.4. The van der Waals surface area contributed by atoms with E-state index < -0.39 is 11.9 Å². The van der Waals surface area contributed by atoms with E-state index in [1.54, 1.807) is 35.5 Å². The van der Waals surface area contributed by atoms with E-state index in [9.17, 15) is 9.90 Å². The molecule has 7 nitrogen and oxygen atoms in total. The molecule has 0 aliphatic heterocycles. The Balaban J connectivity index is 0.000000208. The first-order chi connectivity index (χ1) is 26.2. The molecule has 0 heterocycles. The van der Waals surface area contributed by atoms with Gasteiger partial charge in [-0.2, -0.15) is 0 Å². The first kappa shape index (κ1) is 39.5. The number of carboxylic acids is 1. The molecule has 282 valence electrons. The smallest absolute Gasteiger partial charge is 0.304 e. The van der Waals surface area contributed by atoms with Gasteiger partial charge in [-0.25, -0.2) is 0 Å². The Bertz CT molecular complexity index is 2190. The van der Waals surface area contributed by atoms with Gasteiger partial charge in [-0.15, -0.1) is 0 Å². The molecule has 0 saturated heterocycles. The number of rotatable bonds is 14. The highest BCUT2D eigenvalue weighted by Crippen LogP contribution is 2.46. The van der Waals surface area contributed by atoms with Crippen molar-refractivity contribution < 1.29 is 33.6 Å². The van der Waals surface area contributed by atoms with Crippen molar-refractivity contribution in [1.82, 2.24) is 0 Å². The van der Waals surface area contributed by atoms with Gasteiger partial charge in [0.05, 0.1) is 42.0 Å². The van der Waals surface area contributed by atoms with Gasteiger partial charge in [0.1, 0.15) is 28.7 Å². The van der Waals surface area contributed by atoms with Crippen molar-refractivity contribution in [3.63, 3.8) is 0 Å². The number of aliphatic carboxylic acids is 1. The molecular weight excluding hydrogens is 677 g/mol. The Labute approximate surface area is 319 Å². The lowest BCUT2D eigenvalue weighted by atomic mass is 9.83. The van der Waals surface area contributed by atoms with Crippen LogP contribution in [0.5, 0.6) is 28.7 Å². The third kappa shape index (κ3) is 8.41. The lowest BCUT2D eigenvalue weighted by molar-refractivity contribution is -0.137. The molecule has 0 aliphatic carbocycles. The minimum atomic E-state index is -0.880. The average molecular weight is 729 g/mol. The number of aryl methyl sites for hydroxylation is 2. The van der Waals surface area contributed by atoms with Crippen molar-refractivity contribution in [1.29, 1.82) is 0 Å². The molecule has 0 bridgehead atoms. The van der Waals surface area contributed by atoms with Crippen LogP contribution in [0.2, 0.25) is 0 Å². The SMILES string of the molecule is CCCc1ccc(CCc2c(C)c(OC)c3ccccc3c2OC)cc1.COc1ccc([C@H](CC(=O)O)c2c(C)c(OC)c3ccccc3c2OC)cc1. The summed E-state index contributed by atoms with van der Waals surface area (Å²) in [6.07, 6.45) is 4.20. The van der Waals surface area contributed by atoms with Crippen LogP contribution < -0.4 is 23.7 Å². The van der Waals surface area contributed by atoms with Crippen LogP contribution in [0, 0.1) is 13.8 Å². The molecule has 54 heavy (non-hydrogen) atoms. The predicted molar refractivity (Wildman–Crippen MR) is 219 cm³/mol. The van der Waals surface area contributed by atoms with Crippen molar-refractivity contribution in [3.05, 3.63) is 136 Å². The van der Waals surface area contributed by atoms with Crippen LogP contribution in [0.25, 0.3) is 21.5 Å². The molecule has 1 N–H and O–H groups in total. The molecule has 0 spiro atoms. The van der Waals surface area contributed by atoms with Crippen molar-refractivity contribution >= 4 is 27.5 Å². The fourth-order valence-corrected chi connectivity index (χ4v) is 7.60. The van der Waals surface area contributed by atoms with Crippen LogP contribution in [-0.2, 0) is 24.1 Å². The van der Waals surface area contributed by atoms with E-state index in [1.165, 1.54) is 28.7 Å². The average Bonchev–Trinajstić information content (AvgIpc) is 3.19. The molecule has 0 fully saturated rings. The van der Waals surface area contributed by atoms with Crippen LogP contribution in [0.3, 0.4) is 0 Å². The molecular formula is C47H52O7. The van der Waals surface area contributed by atoms with Gasteiger partial charge in [0, 0.05) is 38.6 Å². The number of methoxy groups -OCH3 is 5. The normalized spacial score (nSPS) is 11.4. The van der Waals surface area contributed by atoms with Crippen LogP contribution in [0.15, 0.2) is 97.1 Å². The maximum Gasteiger partial charge on any atom is 0.304 e. The van der Waals surface area contributed by atoms with E-state index in [-0.39, 0.29) is 6.42 Å². The Morgan fingerprint density at radius 1 is 0.556 bits per heavy atom. The first-order valence-corrected chi connectivity index (χ1v) is 18.4. The number of carboxylic acid groups (broad SMARTS) is 1. The van der Waals surface area contributed by atoms with E-state index in [2.05, 4.69) is 56.3 Å². The van der Waals surface area contributed by atoms with Gasteiger partial charge < -0.3 is 28.8 Å². The minimum absolute atomic E-state index is 0.0645. The maximum absolute atomic E-state index is 11.7. The molecule has 1 atom stereocenters. The molecule has 7 heteroatoms. The fraction of sp³-hybridized carbons (Fsp3) is 0.298. The van der Waals surface area contributed by atoms with E-state index in [1.807, 2.05) is 61.5 Å². The number of ether oxygens (including phenoxy) is 5. The molecule has 6 aromatic rings. The van der Waals surface area contributed by atoms with Gasteiger partial charge in [-0.05, 0) is 73.1 Å². The lowest BCUT2D eigenvalue weighted by Crippen LogP contribution is -2.12. The molecule has 6 rings (SSSR count). The summed E-state index contributed by atoms with van der Waals surface area (Å²) in [7, 11) is 8.35. The highest BCUT2D eigenvalue weighted by Gasteiger charge is 2.28.